The molecule has 1 saturated heterocycles. The third-order valence-electron chi connectivity index (χ3n) is 5.34. The minimum atomic E-state index is -0.130. The molecule has 2 aliphatic rings. The van der Waals surface area contributed by atoms with E-state index in [1.54, 1.807) is 16.9 Å². The van der Waals surface area contributed by atoms with Gasteiger partial charge in [-0.2, -0.15) is 5.10 Å². The van der Waals surface area contributed by atoms with Crippen LogP contribution in [0.2, 0.25) is 0 Å². The van der Waals surface area contributed by atoms with Gasteiger partial charge in [-0.25, -0.2) is 9.67 Å². The Hall–Kier alpha value is -2.73. The Morgan fingerprint density at radius 2 is 2.08 bits per heavy atom. The minimum Gasteiger partial charge on any atom is -0.377 e. The average Bonchev–Trinajstić information content (AvgIpc) is 3.30. The zero-order valence-electron chi connectivity index (χ0n) is 14.4. The predicted octanol–water partition coefficient (Wildman–Crippen LogP) is 2.33. The number of nitrogens with zero attached hydrogens (tertiary/aromatic N) is 3. The number of hydrogen-bond acceptors (Lipinski definition) is 5. The fraction of sp³-hybridized carbons (Fsp3) is 0.350. The van der Waals surface area contributed by atoms with E-state index in [0.29, 0.717) is 13.2 Å². The highest BCUT2D eigenvalue weighted by Crippen LogP contribution is 2.26. The summed E-state index contributed by atoms with van der Waals surface area (Å²) in [5, 5.41) is 10.3. The van der Waals surface area contributed by atoms with Gasteiger partial charge in [-0.3, -0.25) is 4.79 Å². The summed E-state index contributed by atoms with van der Waals surface area (Å²) < 4.78 is 7.30. The molecule has 26 heavy (non-hydrogen) atoms. The van der Waals surface area contributed by atoms with Crippen molar-refractivity contribution in [3.63, 3.8) is 0 Å². The quantitative estimate of drug-likeness (QED) is 0.787. The molecular formula is C20H20N4O2. The van der Waals surface area contributed by atoms with Crippen molar-refractivity contribution in [1.82, 2.24) is 14.8 Å². The number of rotatable bonds is 3. The molecule has 2 aromatic heterocycles. The summed E-state index contributed by atoms with van der Waals surface area (Å²) in [6.45, 7) is 1.01. The van der Waals surface area contributed by atoms with E-state index in [2.05, 4.69) is 27.5 Å². The molecule has 6 heteroatoms. The van der Waals surface area contributed by atoms with E-state index in [-0.39, 0.29) is 17.6 Å². The Bertz CT molecular complexity index is 1020. The Kier molecular flexibility index (Phi) is 3.71. The van der Waals surface area contributed by atoms with Crippen LogP contribution in [0.4, 0.5) is 5.82 Å². The number of fused-ring (bicyclic) bond motifs is 2. The second-order valence-corrected chi connectivity index (χ2v) is 6.99. The number of nitrogens with one attached hydrogen (secondary N) is 1. The van der Waals surface area contributed by atoms with E-state index in [1.165, 1.54) is 0 Å². The van der Waals surface area contributed by atoms with E-state index in [9.17, 15) is 4.79 Å². The molecule has 132 valence electrons. The van der Waals surface area contributed by atoms with Crippen LogP contribution in [0.1, 0.15) is 23.7 Å². The lowest BCUT2D eigenvalue weighted by Gasteiger charge is -2.22. The maximum absolute atomic E-state index is 12.6. The molecule has 0 spiro atoms. The van der Waals surface area contributed by atoms with Gasteiger partial charge in [-0.15, -0.1) is 0 Å². The lowest BCUT2D eigenvalue weighted by Crippen LogP contribution is -2.38. The van der Waals surface area contributed by atoms with E-state index in [0.717, 1.165) is 47.1 Å². The van der Waals surface area contributed by atoms with E-state index in [4.69, 9.17) is 4.74 Å². The standard InChI is InChI=1S/C20H20N4O2/c25-19-10-14-5-3-7-16(14)23-24(19)18-12-26-11-17(18)22-20-15-6-2-1-4-13(15)8-9-21-20/h1-2,4,6,8-10,17-18H,3,5,7,11-12H2,(H,21,22). The van der Waals surface area contributed by atoms with Gasteiger partial charge in [0.2, 0.25) is 0 Å². The summed E-state index contributed by atoms with van der Waals surface area (Å²) in [4.78, 5) is 17.1. The van der Waals surface area contributed by atoms with Crippen LogP contribution in [0.15, 0.2) is 47.4 Å². The second kappa shape index (κ2) is 6.21. The number of ether oxygens (including phenoxy) is 1. The van der Waals surface area contributed by atoms with Gasteiger partial charge in [0.15, 0.2) is 0 Å². The van der Waals surface area contributed by atoms with Gasteiger partial charge in [-0.05, 0) is 36.3 Å². The van der Waals surface area contributed by atoms with Gasteiger partial charge in [0.05, 0.1) is 24.9 Å². The number of aryl methyl sites for hydroxylation is 2. The number of aromatic nitrogens is 3. The van der Waals surface area contributed by atoms with Crippen molar-refractivity contribution in [3.8, 4) is 0 Å². The Morgan fingerprint density at radius 1 is 1.15 bits per heavy atom. The van der Waals surface area contributed by atoms with Gasteiger partial charge in [-0.1, -0.05) is 24.3 Å². The number of pyridine rings is 1. The first-order valence-electron chi connectivity index (χ1n) is 9.09. The predicted molar refractivity (Wildman–Crippen MR) is 99.5 cm³/mol. The van der Waals surface area contributed by atoms with Crippen molar-refractivity contribution in [2.75, 3.05) is 18.5 Å². The smallest absolute Gasteiger partial charge is 0.267 e. The maximum Gasteiger partial charge on any atom is 0.267 e. The van der Waals surface area contributed by atoms with Crippen LogP contribution in [0, 0.1) is 0 Å². The van der Waals surface area contributed by atoms with Crippen LogP contribution in [-0.4, -0.2) is 34.0 Å². The summed E-state index contributed by atoms with van der Waals surface area (Å²) >= 11 is 0. The van der Waals surface area contributed by atoms with E-state index >= 15 is 0 Å². The number of anilines is 1. The van der Waals surface area contributed by atoms with Crippen LogP contribution in [0.25, 0.3) is 10.8 Å². The molecule has 3 heterocycles. The monoisotopic (exact) mass is 348 g/mol. The van der Waals surface area contributed by atoms with Crippen LogP contribution in [0.5, 0.6) is 0 Å². The van der Waals surface area contributed by atoms with Crippen LogP contribution in [0.3, 0.4) is 0 Å². The zero-order chi connectivity index (χ0) is 17.5. The van der Waals surface area contributed by atoms with Gasteiger partial charge in [0.25, 0.3) is 5.56 Å². The second-order valence-electron chi connectivity index (χ2n) is 6.99. The Labute approximate surface area is 150 Å². The van der Waals surface area contributed by atoms with Crippen molar-refractivity contribution >= 4 is 16.6 Å². The van der Waals surface area contributed by atoms with Crippen molar-refractivity contribution < 1.29 is 4.74 Å². The number of benzene rings is 1. The van der Waals surface area contributed by atoms with Crippen molar-refractivity contribution in [1.29, 1.82) is 0 Å². The molecule has 2 unspecified atom stereocenters. The average molecular weight is 348 g/mol. The van der Waals surface area contributed by atoms with Crippen LogP contribution >= 0.6 is 0 Å². The normalized spacial score (nSPS) is 21.8. The van der Waals surface area contributed by atoms with E-state index in [1.807, 2.05) is 18.2 Å². The molecule has 2 atom stereocenters. The summed E-state index contributed by atoms with van der Waals surface area (Å²) in [5.74, 6) is 0.817. The molecule has 3 aromatic rings. The molecule has 0 amide bonds. The Morgan fingerprint density at radius 3 is 3.04 bits per heavy atom. The SMILES string of the molecule is O=c1cc2c(nn1C1COCC1Nc1nccc3ccccc13)CCC2. The van der Waals surface area contributed by atoms with E-state index < -0.39 is 0 Å². The molecule has 5 rings (SSSR count). The molecule has 1 N–H and O–H groups in total. The zero-order valence-corrected chi connectivity index (χ0v) is 14.4. The maximum atomic E-state index is 12.6. The lowest BCUT2D eigenvalue weighted by atomic mass is 10.1. The third-order valence-corrected chi connectivity index (χ3v) is 5.34. The van der Waals surface area contributed by atoms with Gasteiger partial charge in [0, 0.05) is 17.6 Å². The molecule has 0 radical (unpaired) electrons. The fourth-order valence-corrected chi connectivity index (χ4v) is 3.99. The van der Waals surface area contributed by atoms with Crippen molar-refractivity contribution in [2.45, 2.75) is 31.3 Å². The lowest BCUT2D eigenvalue weighted by molar-refractivity contribution is 0.182. The molecule has 0 saturated carbocycles. The molecule has 1 aromatic carbocycles. The first kappa shape index (κ1) is 15.5. The minimum absolute atomic E-state index is 0.0428. The van der Waals surface area contributed by atoms with Gasteiger partial charge < -0.3 is 10.1 Å². The number of hydrogen-bond donors (Lipinski definition) is 1. The fourth-order valence-electron chi connectivity index (χ4n) is 3.99. The molecule has 1 aliphatic heterocycles. The largest absolute Gasteiger partial charge is 0.377 e. The molecule has 6 nitrogen and oxygen atoms in total. The summed E-state index contributed by atoms with van der Waals surface area (Å²) in [6, 6.07) is 11.7. The topological polar surface area (TPSA) is 69.0 Å². The van der Waals surface area contributed by atoms with Crippen LogP contribution in [-0.2, 0) is 17.6 Å². The first-order chi connectivity index (χ1) is 12.8. The van der Waals surface area contributed by atoms with Gasteiger partial charge in [0.1, 0.15) is 11.9 Å². The summed E-state index contributed by atoms with van der Waals surface area (Å²) in [6.07, 6.45) is 4.79. The third kappa shape index (κ3) is 2.57. The highest BCUT2D eigenvalue weighted by atomic mass is 16.5. The van der Waals surface area contributed by atoms with Crippen molar-refractivity contribution in [2.24, 2.45) is 0 Å². The van der Waals surface area contributed by atoms with Gasteiger partial charge >= 0.3 is 0 Å². The first-order valence-corrected chi connectivity index (χ1v) is 9.09. The highest BCUT2D eigenvalue weighted by molar-refractivity contribution is 5.91. The molecule has 1 fully saturated rings. The molecule has 1 aliphatic carbocycles. The Balaban J connectivity index is 1.49. The summed E-state index contributed by atoms with van der Waals surface area (Å²) in [7, 11) is 0. The molecular weight excluding hydrogens is 328 g/mol. The highest BCUT2D eigenvalue weighted by Gasteiger charge is 2.32. The molecule has 0 bridgehead atoms. The van der Waals surface area contributed by atoms with Crippen molar-refractivity contribution in [3.05, 3.63) is 64.2 Å². The summed E-state index contributed by atoms with van der Waals surface area (Å²) in [5.41, 5.74) is 2.11. The van der Waals surface area contributed by atoms with Crippen LogP contribution < -0.4 is 10.9 Å².